The summed E-state index contributed by atoms with van der Waals surface area (Å²) in [5, 5.41) is 4.94. The highest BCUT2D eigenvalue weighted by Crippen LogP contribution is 2.35. The zero-order chi connectivity index (χ0) is 15.7. The standard InChI is InChI=1S/C15H17Cl2N3O2.ClH/c1-9(21-10-4-5-11(16)12(17)8-10)13-19-14(20-22-13)15(18)6-2-3-7-15;/h4-5,8-9H,2-3,6-7,18H2,1H3;1H. The topological polar surface area (TPSA) is 74.2 Å². The lowest BCUT2D eigenvalue weighted by Crippen LogP contribution is -2.34. The number of hydrogen-bond acceptors (Lipinski definition) is 5. The number of halogens is 3. The molecule has 0 saturated heterocycles. The molecule has 1 saturated carbocycles. The van der Waals surface area contributed by atoms with Crippen molar-refractivity contribution in [1.29, 1.82) is 0 Å². The lowest BCUT2D eigenvalue weighted by atomic mass is 9.99. The highest BCUT2D eigenvalue weighted by Gasteiger charge is 2.36. The quantitative estimate of drug-likeness (QED) is 0.837. The molecule has 1 aliphatic carbocycles. The van der Waals surface area contributed by atoms with Gasteiger partial charge in [-0.25, -0.2) is 0 Å². The SMILES string of the molecule is CC(Oc1ccc(Cl)c(Cl)c1)c1nc(C2(N)CCCC2)no1.Cl. The summed E-state index contributed by atoms with van der Waals surface area (Å²) in [6.45, 7) is 1.83. The number of nitrogens with zero attached hydrogens (tertiary/aromatic N) is 2. The predicted molar refractivity (Wildman–Crippen MR) is 91.4 cm³/mol. The van der Waals surface area contributed by atoms with E-state index in [0.29, 0.717) is 27.5 Å². The number of hydrogen-bond donors (Lipinski definition) is 1. The Morgan fingerprint density at radius 2 is 1.96 bits per heavy atom. The fourth-order valence-electron chi connectivity index (χ4n) is 2.64. The van der Waals surface area contributed by atoms with E-state index >= 15 is 0 Å². The van der Waals surface area contributed by atoms with Crippen molar-refractivity contribution in [3.63, 3.8) is 0 Å². The van der Waals surface area contributed by atoms with E-state index in [1.807, 2.05) is 6.92 Å². The van der Waals surface area contributed by atoms with Crippen molar-refractivity contribution >= 4 is 35.6 Å². The van der Waals surface area contributed by atoms with E-state index in [-0.39, 0.29) is 12.4 Å². The van der Waals surface area contributed by atoms with Gasteiger partial charge in [0.1, 0.15) is 5.75 Å². The first-order valence-corrected chi connectivity index (χ1v) is 7.98. The van der Waals surface area contributed by atoms with E-state index in [4.69, 9.17) is 38.2 Å². The summed E-state index contributed by atoms with van der Waals surface area (Å²) >= 11 is 11.9. The van der Waals surface area contributed by atoms with Gasteiger partial charge in [-0.1, -0.05) is 41.2 Å². The molecule has 1 fully saturated rings. The van der Waals surface area contributed by atoms with Crippen LogP contribution >= 0.6 is 35.6 Å². The minimum absolute atomic E-state index is 0. The molecule has 0 bridgehead atoms. The minimum atomic E-state index is -0.467. The summed E-state index contributed by atoms with van der Waals surface area (Å²) in [5.74, 6) is 1.55. The third-order valence-electron chi connectivity index (χ3n) is 3.93. The Bertz CT molecular complexity index is 672. The third-order valence-corrected chi connectivity index (χ3v) is 4.67. The Balaban J connectivity index is 0.00000192. The van der Waals surface area contributed by atoms with Crippen molar-refractivity contribution < 1.29 is 9.26 Å². The summed E-state index contributed by atoms with van der Waals surface area (Å²) in [4.78, 5) is 4.41. The molecule has 0 aliphatic heterocycles. The molecule has 1 atom stereocenters. The molecule has 0 spiro atoms. The van der Waals surface area contributed by atoms with Gasteiger partial charge in [0.25, 0.3) is 5.89 Å². The van der Waals surface area contributed by atoms with Crippen LogP contribution in [0.25, 0.3) is 0 Å². The molecule has 0 amide bonds. The Morgan fingerprint density at radius 3 is 2.61 bits per heavy atom. The van der Waals surface area contributed by atoms with Gasteiger partial charge in [-0.2, -0.15) is 4.98 Å². The first kappa shape index (κ1) is 18.3. The largest absolute Gasteiger partial charge is 0.481 e. The van der Waals surface area contributed by atoms with Crippen molar-refractivity contribution in [3.05, 3.63) is 40.0 Å². The van der Waals surface area contributed by atoms with E-state index in [1.165, 1.54) is 0 Å². The van der Waals surface area contributed by atoms with Crippen LogP contribution in [0.5, 0.6) is 5.75 Å². The lowest BCUT2D eigenvalue weighted by Gasteiger charge is -2.17. The molecule has 23 heavy (non-hydrogen) atoms. The van der Waals surface area contributed by atoms with E-state index in [0.717, 1.165) is 25.7 Å². The molecule has 2 aromatic rings. The second kappa shape index (κ2) is 7.26. The maximum Gasteiger partial charge on any atom is 0.267 e. The van der Waals surface area contributed by atoms with Gasteiger partial charge < -0.3 is 15.0 Å². The van der Waals surface area contributed by atoms with Gasteiger partial charge in [-0.3, -0.25) is 0 Å². The number of ether oxygens (including phenoxy) is 1. The second-order valence-electron chi connectivity index (χ2n) is 5.66. The van der Waals surface area contributed by atoms with Crippen molar-refractivity contribution in [3.8, 4) is 5.75 Å². The zero-order valence-electron chi connectivity index (χ0n) is 12.6. The molecule has 2 N–H and O–H groups in total. The second-order valence-corrected chi connectivity index (χ2v) is 6.47. The van der Waals surface area contributed by atoms with Crippen LogP contribution in [0.15, 0.2) is 22.7 Å². The first-order chi connectivity index (χ1) is 10.5. The Hall–Kier alpha value is -1.01. The van der Waals surface area contributed by atoms with Crippen LogP contribution < -0.4 is 10.5 Å². The van der Waals surface area contributed by atoms with Gasteiger partial charge in [0.15, 0.2) is 11.9 Å². The average Bonchev–Trinajstić information content (AvgIpc) is 3.12. The average molecular weight is 379 g/mol. The molecule has 1 heterocycles. The number of aromatic nitrogens is 2. The van der Waals surface area contributed by atoms with Crippen LogP contribution in [-0.4, -0.2) is 10.1 Å². The van der Waals surface area contributed by atoms with Gasteiger partial charge in [-0.05, 0) is 31.9 Å². The number of nitrogens with two attached hydrogens (primary N) is 1. The fourth-order valence-corrected chi connectivity index (χ4v) is 2.92. The summed E-state index contributed by atoms with van der Waals surface area (Å²) in [5.41, 5.74) is 5.86. The molecule has 3 rings (SSSR count). The van der Waals surface area contributed by atoms with Crippen molar-refractivity contribution in [2.24, 2.45) is 5.73 Å². The summed E-state index contributed by atoms with van der Waals surface area (Å²) < 4.78 is 11.1. The van der Waals surface area contributed by atoms with Gasteiger partial charge in [-0.15, -0.1) is 12.4 Å². The Morgan fingerprint density at radius 1 is 1.26 bits per heavy atom. The molecule has 8 heteroatoms. The monoisotopic (exact) mass is 377 g/mol. The summed E-state index contributed by atoms with van der Waals surface area (Å²) in [7, 11) is 0. The van der Waals surface area contributed by atoms with E-state index in [2.05, 4.69) is 10.1 Å². The number of benzene rings is 1. The molecular weight excluding hydrogens is 361 g/mol. The molecule has 1 aromatic heterocycles. The van der Waals surface area contributed by atoms with Crippen LogP contribution in [-0.2, 0) is 5.54 Å². The van der Waals surface area contributed by atoms with E-state index < -0.39 is 11.6 Å². The van der Waals surface area contributed by atoms with Crippen LogP contribution in [0.2, 0.25) is 10.0 Å². The van der Waals surface area contributed by atoms with Gasteiger partial charge >= 0.3 is 0 Å². The zero-order valence-corrected chi connectivity index (χ0v) is 14.9. The third kappa shape index (κ3) is 3.91. The molecular formula is C15H18Cl3N3O2. The first-order valence-electron chi connectivity index (χ1n) is 7.23. The fraction of sp³-hybridized carbons (Fsp3) is 0.467. The van der Waals surface area contributed by atoms with Crippen molar-refractivity contribution in [2.75, 3.05) is 0 Å². The molecule has 5 nitrogen and oxygen atoms in total. The van der Waals surface area contributed by atoms with Gasteiger partial charge in [0.2, 0.25) is 0 Å². The van der Waals surface area contributed by atoms with Crippen LogP contribution in [0.4, 0.5) is 0 Å². The van der Waals surface area contributed by atoms with Crippen LogP contribution in [0.1, 0.15) is 50.4 Å². The normalized spacial score (nSPS) is 17.6. The molecule has 1 aliphatic rings. The van der Waals surface area contributed by atoms with Gasteiger partial charge in [0, 0.05) is 6.07 Å². The highest BCUT2D eigenvalue weighted by molar-refractivity contribution is 6.42. The highest BCUT2D eigenvalue weighted by atomic mass is 35.5. The lowest BCUT2D eigenvalue weighted by molar-refractivity contribution is 0.175. The number of rotatable bonds is 4. The maximum absolute atomic E-state index is 6.33. The summed E-state index contributed by atoms with van der Waals surface area (Å²) in [6.07, 6.45) is 3.55. The van der Waals surface area contributed by atoms with E-state index in [1.54, 1.807) is 18.2 Å². The maximum atomic E-state index is 6.33. The minimum Gasteiger partial charge on any atom is -0.481 e. The molecule has 126 valence electrons. The van der Waals surface area contributed by atoms with Crippen LogP contribution in [0.3, 0.4) is 0 Å². The van der Waals surface area contributed by atoms with Crippen LogP contribution in [0, 0.1) is 0 Å². The predicted octanol–water partition coefficient (Wildman–Crippen LogP) is 4.67. The Kier molecular flexibility index (Phi) is 5.79. The molecule has 1 unspecified atom stereocenters. The van der Waals surface area contributed by atoms with E-state index in [9.17, 15) is 0 Å². The van der Waals surface area contributed by atoms with Crippen molar-refractivity contribution in [2.45, 2.75) is 44.2 Å². The summed E-state index contributed by atoms with van der Waals surface area (Å²) in [6, 6.07) is 5.07. The van der Waals surface area contributed by atoms with Gasteiger partial charge in [0.05, 0.1) is 15.6 Å². The molecule has 0 radical (unpaired) electrons. The smallest absolute Gasteiger partial charge is 0.267 e. The Labute approximate surface area is 150 Å². The molecule has 1 aromatic carbocycles. The van der Waals surface area contributed by atoms with Crippen molar-refractivity contribution in [1.82, 2.24) is 10.1 Å².